The maximum Gasteiger partial charge on any atom is 0.248 e. The number of carbonyl (C=O) groups excluding carboxylic acids is 2. The van der Waals surface area contributed by atoms with Crippen LogP contribution in [0.15, 0.2) is 0 Å². The zero-order valence-electron chi connectivity index (χ0n) is 10.9. The predicted molar refractivity (Wildman–Crippen MR) is 67.9 cm³/mol. The van der Waals surface area contributed by atoms with E-state index in [9.17, 15) is 9.59 Å². The van der Waals surface area contributed by atoms with E-state index in [2.05, 4.69) is 5.32 Å². The fraction of sp³-hybridized carbons (Fsp3) is 0.857. The third-order valence-corrected chi connectivity index (χ3v) is 4.60. The van der Waals surface area contributed by atoms with Gasteiger partial charge in [0.25, 0.3) is 0 Å². The van der Waals surface area contributed by atoms with Gasteiger partial charge in [0, 0.05) is 6.54 Å². The second kappa shape index (κ2) is 4.56. The van der Waals surface area contributed by atoms with Gasteiger partial charge in [0.15, 0.2) is 0 Å². The molecular weight excluding hydrogens is 228 g/mol. The van der Waals surface area contributed by atoms with E-state index >= 15 is 0 Å². The fourth-order valence-corrected chi connectivity index (χ4v) is 3.38. The second-order valence-corrected chi connectivity index (χ2v) is 6.15. The molecule has 0 bridgehead atoms. The number of hydrogen-bond donors (Lipinski definition) is 1. The molecule has 0 aromatic heterocycles. The topological polar surface area (TPSA) is 49.4 Å². The highest BCUT2D eigenvalue weighted by molar-refractivity contribution is 5.98. The number of piperazine rings is 1. The summed E-state index contributed by atoms with van der Waals surface area (Å²) in [5, 5.41) is 2.95. The number of nitrogens with zero attached hydrogens (tertiary/aromatic N) is 1. The molecule has 2 amide bonds. The summed E-state index contributed by atoms with van der Waals surface area (Å²) in [6.45, 7) is 1.04. The van der Waals surface area contributed by atoms with Crippen molar-refractivity contribution in [3.63, 3.8) is 0 Å². The van der Waals surface area contributed by atoms with Crippen LogP contribution >= 0.6 is 0 Å². The molecule has 4 nitrogen and oxygen atoms in total. The van der Waals surface area contributed by atoms with Gasteiger partial charge in [0.2, 0.25) is 11.8 Å². The summed E-state index contributed by atoms with van der Waals surface area (Å²) in [6.07, 6.45) is 8.77. The van der Waals surface area contributed by atoms with Gasteiger partial charge in [0.05, 0.1) is 6.54 Å². The van der Waals surface area contributed by atoms with Gasteiger partial charge >= 0.3 is 0 Å². The van der Waals surface area contributed by atoms with Gasteiger partial charge in [-0.25, -0.2) is 0 Å². The van der Waals surface area contributed by atoms with Crippen LogP contribution in [0.3, 0.4) is 0 Å². The first kappa shape index (κ1) is 12.0. The quantitative estimate of drug-likeness (QED) is 0.821. The van der Waals surface area contributed by atoms with Crippen molar-refractivity contribution in [1.82, 2.24) is 10.2 Å². The van der Waals surface area contributed by atoms with Crippen LogP contribution in [0.4, 0.5) is 0 Å². The average molecular weight is 250 g/mol. The second-order valence-electron chi connectivity index (χ2n) is 6.15. The predicted octanol–water partition coefficient (Wildman–Crippen LogP) is 1.45. The van der Waals surface area contributed by atoms with Crippen LogP contribution in [-0.2, 0) is 9.59 Å². The van der Waals surface area contributed by atoms with Crippen molar-refractivity contribution >= 4 is 11.8 Å². The molecule has 0 aromatic rings. The van der Waals surface area contributed by atoms with Gasteiger partial charge in [-0.1, -0.05) is 25.7 Å². The summed E-state index contributed by atoms with van der Waals surface area (Å²) in [5.41, 5.74) is -0.533. The minimum atomic E-state index is -0.533. The third-order valence-electron chi connectivity index (χ3n) is 4.60. The van der Waals surface area contributed by atoms with E-state index in [0.717, 1.165) is 44.6 Å². The highest BCUT2D eigenvalue weighted by Gasteiger charge is 2.47. The molecule has 1 heterocycles. The Morgan fingerprint density at radius 3 is 2.61 bits per heavy atom. The van der Waals surface area contributed by atoms with Gasteiger partial charge in [-0.2, -0.15) is 0 Å². The Hall–Kier alpha value is -1.06. The van der Waals surface area contributed by atoms with E-state index in [1.807, 2.05) is 0 Å². The number of amides is 2. The summed E-state index contributed by atoms with van der Waals surface area (Å²) in [4.78, 5) is 26.1. The highest BCUT2D eigenvalue weighted by atomic mass is 16.2. The largest absolute Gasteiger partial charge is 0.340 e. The van der Waals surface area contributed by atoms with Crippen LogP contribution < -0.4 is 5.32 Å². The zero-order chi connectivity index (χ0) is 12.6. The Labute approximate surface area is 108 Å². The van der Waals surface area contributed by atoms with E-state index in [1.165, 1.54) is 19.3 Å². The first-order chi connectivity index (χ1) is 8.70. The number of hydrogen-bond acceptors (Lipinski definition) is 2. The van der Waals surface area contributed by atoms with Crippen molar-refractivity contribution in [3.05, 3.63) is 0 Å². The molecule has 2 saturated carbocycles. The molecule has 1 N–H and O–H groups in total. The Morgan fingerprint density at radius 2 is 1.94 bits per heavy atom. The van der Waals surface area contributed by atoms with E-state index in [4.69, 9.17) is 0 Å². The smallest absolute Gasteiger partial charge is 0.248 e. The van der Waals surface area contributed by atoms with Gasteiger partial charge < -0.3 is 10.2 Å². The van der Waals surface area contributed by atoms with E-state index in [-0.39, 0.29) is 18.4 Å². The van der Waals surface area contributed by atoms with Crippen LogP contribution in [0.25, 0.3) is 0 Å². The molecule has 4 heteroatoms. The minimum absolute atomic E-state index is 0.0305. The molecule has 100 valence electrons. The van der Waals surface area contributed by atoms with Crippen molar-refractivity contribution in [1.29, 1.82) is 0 Å². The van der Waals surface area contributed by atoms with E-state index in [0.29, 0.717) is 0 Å². The van der Waals surface area contributed by atoms with Crippen molar-refractivity contribution < 1.29 is 9.59 Å². The standard InChI is InChI=1S/C14H22N2O2/c17-12-10-16(9-3-4-11-5-6-11)13(18)14(15-12)7-1-2-8-14/h11H,1-10H2,(H,15,17). The molecule has 18 heavy (non-hydrogen) atoms. The molecule has 0 radical (unpaired) electrons. The molecule has 1 aliphatic heterocycles. The lowest BCUT2D eigenvalue weighted by Gasteiger charge is -2.39. The molecule has 0 aromatic carbocycles. The lowest BCUT2D eigenvalue weighted by atomic mass is 9.93. The molecule has 2 aliphatic carbocycles. The zero-order valence-corrected chi connectivity index (χ0v) is 10.9. The van der Waals surface area contributed by atoms with Crippen molar-refractivity contribution in [2.24, 2.45) is 5.92 Å². The average Bonchev–Trinajstić information content (AvgIpc) is 3.05. The molecule has 0 atom stereocenters. The molecule has 1 spiro atoms. The Kier molecular flexibility index (Phi) is 3.04. The van der Waals surface area contributed by atoms with Gasteiger partial charge in [-0.3, -0.25) is 9.59 Å². The minimum Gasteiger partial charge on any atom is -0.340 e. The molecule has 3 fully saturated rings. The maximum absolute atomic E-state index is 12.5. The fourth-order valence-electron chi connectivity index (χ4n) is 3.38. The van der Waals surface area contributed by atoms with Crippen LogP contribution in [-0.4, -0.2) is 35.3 Å². The monoisotopic (exact) mass is 250 g/mol. The van der Waals surface area contributed by atoms with Crippen LogP contribution in [0, 0.1) is 5.92 Å². The summed E-state index contributed by atoms with van der Waals surface area (Å²) in [6, 6.07) is 0. The number of rotatable bonds is 4. The van der Waals surface area contributed by atoms with Crippen molar-refractivity contribution in [3.8, 4) is 0 Å². The molecule has 1 saturated heterocycles. The van der Waals surface area contributed by atoms with E-state index in [1.54, 1.807) is 4.90 Å². The number of nitrogens with one attached hydrogen (secondary N) is 1. The summed E-state index contributed by atoms with van der Waals surface area (Å²) in [5.74, 6) is 1.11. The van der Waals surface area contributed by atoms with Gasteiger partial charge in [0.1, 0.15) is 5.54 Å². The Morgan fingerprint density at radius 1 is 1.22 bits per heavy atom. The Balaban J connectivity index is 1.61. The molecule has 3 rings (SSSR count). The van der Waals surface area contributed by atoms with Crippen LogP contribution in [0.2, 0.25) is 0 Å². The Bertz CT molecular complexity index is 357. The van der Waals surface area contributed by atoms with Crippen LogP contribution in [0.1, 0.15) is 51.4 Å². The van der Waals surface area contributed by atoms with Crippen LogP contribution in [0.5, 0.6) is 0 Å². The molecular formula is C14H22N2O2. The SMILES string of the molecule is O=C1CN(CCCC2CC2)C(=O)C2(CCCC2)N1. The van der Waals surface area contributed by atoms with Gasteiger partial charge in [-0.05, 0) is 31.6 Å². The molecule has 0 unspecified atom stereocenters. The first-order valence-electron chi connectivity index (χ1n) is 7.30. The third kappa shape index (κ3) is 2.25. The molecule has 3 aliphatic rings. The normalized spacial score (nSPS) is 26.8. The first-order valence-corrected chi connectivity index (χ1v) is 7.30. The van der Waals surface area contributed by atoms with Crippen molar-refractivity contribution in [2.45, 2.75) is 56.9 Å². The van der Waals surface area contributed by atoms with Gasteiger partial charge in [-0.15, -0.1) is 0 Å². The maximum atomic E-state index is 12.5. The van der Waals surface area contributed by atoms with E-state index < -0.39 is 5.54 Å². The van der Waals surface area contributed by atoms with Crippen molar-refractivity contribution in [2.75, 3.05) is 13.1 Å². The number of carbonyl (C=O) groups is 2. The summed E-state index contributed by atoms with van der Waals surface area (Å²) >= 11 is 0. The summed E-state index contributed by atoms with van der Waals surface area (Å²) in [7, 11) is 0. The summed E-state index contributed by atoms with van der Waals surface area (Å²) < 4.78 is 0. The highest BCUT2D eigenvalue weighted by Crippen LogP contribution is 2.35. The lowest BCUT2D eigenvalue weighted by molar-refractivity contribution is -0.149. The lowest BCUT2D eigenvalue weighted by Crippen LogP contribution is -2.65.